The minimum absolute atomic E-state index is 0.186. The Morgan fingerprint density at radius 2 is 2.28 bits per heavy atom. The van der Waals surface area contributed by atoms with Gasteiger partial charge in [-0.05, 0) is 32.4 Å². The summed E-state index contributed by atoms with van der Waals surface area (Å²) in [5, 5.41) is 7.16. The lowest BCUT2D eigenvalue weighted by atomic mass is 9.83. The van der Waals surface area contributed by atoms with E-state index in [0.717, 1.165) is 19.6 Å². The van der Waals surface area contributed by atoms with E-state index in [-0.39, 0.29) is 5.54 Å². The average molecular weight is 252 g/mol. The molecule has 3 saturated heterocycles. The summed E-state index contributed by atoms with van der Waals surface area (Å²) in [6.45, 7) is 6.11. The number of nitrogens with zero attached hydrogens (tertiary/aromatic N) is 2. The molecule has 0 aromatic rings. The van der Waals surface area contributed by atoms with Crippen molar-refractivity contribution in [3.05, 3.63) is 0 Å². The number of amidine groups is 1. The first-order valence-electron chi connectivity index (χ1n) is 7.11. The highest BCUT2D eigenvalue weighted by Gasteiger charge is 2.49. The molecule has 2 N–H and O–H groups in total. The second-order valence-corrected chi connectivity index (χ2v) is 5.58. The van der Waals surface area contributed by atoms with Gasteiger partial charge in [-0.25, -0.2) is 0 Å². The summed E-state index contributed by atoms with van der Waals surface area (Å²) in [7, 11) is 1.74. The van der Waals surface area contributed by atoms with Crippen molar-refractivity contribution in [3.63, 3.8) is 0 Å². The number of fused-ring (bicyclic) bond motifs is 3. The third kappa shape index (κ3) is 2.04. The van der Waals surface area contributed by atoms with Gasteiger partial charge >= 0.3 is 0 Å². The molecule has 1 spiro atoms. The molecule has 102 valence electrons. The zero-order valence-corrected chi connectivity index (χ0v) is 11.2. The van der Waals surface area contributed by atoms with Gasteiger partial charge in [0.15, 0.2) is 0 Å². The maximum atomic E-state index is 5.12. The van der Waals surface area contributed by atoms with Crippen molar-refractivity contribution in [2.24, 2.45) is 4.99 Å². The van der Waals surface area contributed by atoms with Crippen LogP contribution in [-0.4, -0.2) is 68.8 Å². The number of rotatable bonds is 3. The van der Waals surface area contributed by atoms with E-state index < -0.39 is 0 Å². The summed E-state index contributed by atoms with van der Waals surface area (Å²) < 4.78 is 5.12. The van der Waals surface area contributed by atoms with Crippen molar-refractivity contribution in [3.8, 4) is 0 Å². The van der Waals surface area contributed by atoms with E-state index in [1.807, 2.05) is 0 Å². The number of piperazine rings is 1. The second kappa shape index (κ2) is 5.15. The Bertz CT molecular complexity index is 325. The Morgan fingerprint density at radius 1 is 1.44 bits per heavy atom. The molecule has 3 heterocycles. The van der Waals surface area contributed by atoms with Gasteiger partial charge in [0, 0.05) is 26.2 Å². The number of nitrogens with one attached hydrogen (secondary N) is 2. The second-order valence-electron chi connectivity index (χ2n) is 5.58. The smallest absolute Gasteiger partial charge is 0.117 e. The molecular weight excluding hydrogens is 228 g/mol. The van der Waals surface area contributed by atoms with Gasteiger partial charge in [-0.1, -0.05) is 0 Å². The number of methoxy groups -OCH3 is 1. The summed E-state index contributed by atoms with van der Waals surface area (Å²) >= 11 is 0. The van der Waals surface area contributed by atoms with E-state index in [1.54, 1.807) is 7.11 Å². The fourth-order valence-electron chi connectivity index (χ4n) is 3.58. The van der Waals surface area contributed by atoms with Crippen molar-refractivity contribution in [1.82, 2.24) is 15.5 Å². The monoisotopic (exact) mass is 252 g/mol. The molecule has 0 radical (unpaired) electrons. The fourth-order valence-corrected chi connectivity index (χ4v) is 3.58. The molecule has 0 aromatic heterocycles. The Hall–Kier alpha value is -0.650. The zero-order chi connectivity index (χ0) is 12.4. The zero-order valence-electron chi connectivity index (χ0n) is 11.2. The van der Waals surface area contributed by atoms with Gasteiger partial charge in [-0.2, -0.15) is 0 Å². The van der Waals surface area contributed by atoms with Crippen LogP contribution < -0.4 is 10.6 Å². The van der Waals surface area contributed by atoms with Crippen LogP contribution >= 0.6 is 0 Å². The topological polar surface area (TPSA) is 48.9 Å². The van der Waals surface area contributed by atoms with Crippen LogP contribution in [0.1, 0.15) is 19.3 Å². The van der Waals surface area contributed by atoms with E-state index in [9.17, 15) is 0 Å². The SMILES string of the molecule is COCCN=C1N[C@H]2CCN(C2)C12CCNCC2. The first kappa shape index (κ1) is 12.4. The molecule has 0 aromatic carbocycles. The van der Waals surface area contributed by atoms with E-state index >= 15 is 0 Å². The molecule has 5 nitrogen and oxygen atoms in total. The van der Waals surface area contributed by atoms with Gasteiger partial charge in [-0.15, -0.1) is 0 Å². The van der Waals surface area contributed by atoms with Gasteiger partial charge in [0.25, 0.3) is 0 Å². The largest absolute Gasteiger partial charge is 0.383 e. The summed E-state index contributed by atoms with van der Waals surface area (Å²) in [6.07, 6.45) is 3.62. The molecule has 2 bridgehead atoms. The quantitative estimate of drug-likeness (QED) is 0.685. The predicted octanol–water partition coefficient (Wildman–Crippen LogP) is -0.169. The van der Waals surface area contributed by atoms with Gasteiger partial charge in [0.2, 0.25) is 0 Å². The molecule has 0 saturated carbocycles. The Labute approximate surface area is 109 Å². The van der Waals surface area contributed by atoms with Crippen molar-refractivity contribution < 1.29 is 4.74 Å². The molecule has 5 heteroatoms. The summed E-state index contributed by atoms with van der Waals surface area (Å²) in [5.41, 5.74) is 0.186. The molecule has 0 aliphatic carbocycles. The van der Waals surface area contributed by atoms with Crippen molar-refractivity contribution in [1.29, 1.82) is 0 Å². The lowest BCUT2D eigenvalue weighted by Gasteiger charge is -2.48. The third-order valence-corrected chi connectivity index (χ3v) is 4.57. The summed E-state index contributed by atoms with van der Waals surface area (Å²) in [4.78, 5) is 7.47. The van der Waals surface area contributed by atoms with Gasteiger partial charge < -0.3 is 15.4 Å². The van der Waals surface area contributed by atoms with E-state index in [0.29, 0.717) is 12.6 Å². The minimum atomic E-state index is 0.186. The van der Waals surface area contributed by atoms with Crippen LogP contribution in [0.25, 0.3) is 0 Å². The molecule has 3 rings (SSSR count). The number of hydrogen-bond acceptors (Lipinski definition) is 4. The van der Waals surface area contributed by atoms with E-state index in [4.69, 9.17) is 9.73 Å². The van der Waals surface area contributed by atoms with Crippen LogP contribution in [0.5, 0.6) is 0 Å². The summed E-state index contributed by atoms with van der Waals surface area (Å²) in [5.74, 6) is 1.23. The molecular formula is C13H24N4O. The van der Waals surface area contributed by atoms with E-state index in [1.165, 1.54) is 38.2 Å². The molecule has 3 aliphatic heterocycles. The Kier molecular flexibility index (Phi) is 3.54. The van der Waals surface area contributed by atoms with Crippen LogP contribution in [0.2, 0.25) is 0 Å². The predicted molar refractivity (Wildman–Crippen MR) is 72.1 cm³/mol. The molecule has 18 heavy (non-hydrogen) atoms. The first-order chi connectivity index (χ1) is 8.85. The average Bonchev–Trinajstić information content (AvgIpc) is 2.83. The Balaban J connectivity index is 1.82. The molecule has 3 aliphatic rings. The minimum Gasteiger partial charge on any atom is -0.383 e. The van der Waals surface area contributed by atoms with Crippen LogP contribution in [0.15, 0.2) is 4.99 Å². The summed E-state index contributed by atoms with van der Waals surface area (Å²) in [6, 6.07) is 0.617. The number of ether oxygens (including phenoxy) is 1. The molecule has 3 fully saturated rings. The fraction of sp³-hybridized carbons (Fsp3) is 0.923. The number of hydrogen-bond donors (Lipinski definition) is 2. The van der Waals surface area contributed by atoms with Crippen LogP contribution in [0.3, 0.4) is 0 Å². The standard InChI is InChI=1S/C13H24N4O/c1-18-9-7-15-12-13(3-5-14-6-4-13)17-8-2-11(10-17)16-12/h11,14H,2-10H2,1H3,(H,15,16)/t11-/m0/s1. The number of piperidine rings is 1. The number of aliphatic imine (C=N–C) groups is 1. The first-order valence-corrected chi connectivity index (χ1v) is 7.11. The highest BCUT2D eigenvalue weighted by Crippen LogP contribution is 2.34. The van der Waals surface area contributed by atoms with Crippen molar-refractivity contribution in [2.75, 3.05) is 46.4 Å². The maximum Gasteiger partial charge on any atom is 0.117 e. The lowest BCUT2D eigenvalue weighted by molar-refractivity contribution is 0.126. The van der Waals surface area contributed by atoms with Gasteiger partial charge in [-0.3, -0.25) is 9.89 Å². The highest BCUT2D eigenvalue weighted by molar-refractivity contribution is 5.93. The highest BCUT2D eigenvalue weighted by atomic mass is 16.5. The van der Waals surface area contributed by atoms with Crippen molar-refractivity contribution in [2.45, 2.75) is 30.8 Å². The van der Waals surface area contributed by atoms with Crippen LogP contribution in [0.4, 0.5) is 0 Å². The maximum absolute atomic E-state index is 5.12. The van der Waals surface area contributed by atoms with Crippen molar-refractivity contribution >= 4 is 5.84 Å². The Morgan fingerprint density at radius 3 is 3.06 bits per heavy atom. The molecule has 2 atom stereocenters. The van der Waals surface area contributed by atoms with E-state index in [2.05, 4.69) is 15.5 Å². The van der Waals surface area contributed by atoms with Gasteiger partial charge in [0.1, 0.15) is 5.84 Å². The molecule has 0 amide bonds. The lowest BCUT2D eigenvalue weighted by Crippen LogP contribution is -2.67. The molecule has 1 unspecified atom stereocenters. The third-order valence-electron chi connectivity index (χ3n) is 4.57. The van der Waals surface area contributed by atoms with Gasteiger partial charge in [0.05, 0.1) is 18.7 Å². The normalized spacial score (nSPS) is 35.9. The van der Waals surface area contributed by atoms with Crippen LogP contribution in [0, 0.1) is 0 Å². The van der Waals surface area contributed by atoms with Crippen LogP contribution in [-0.2, 0) is 4.74 Å².